The first-order valence-electron chi connectivity index (χ1n) is 8.87. The van der Waals surface area contributed by atoms with Crippen LogP contribution in [0.5, 0.6) is 0 Å². The lowest BCUT2D eigenvalue weighted by Gasteiger charge is -2.30. The summed E-state index contributed by atoms with van der Waals surface area (Å²) in [5.41, 5.74) is 5.46. The Bertz CT molecular complexity index is 597. The molecule has 6 unspecified atom stereocenters. The number of carboxylic acids is 1. The van der Waals surface area contributed by atoms with Crippen molar-refractivity contribution in [3.8, 4) is 0 Å². The van der Waals surface area contributed by atoms with Crippen LogP contribution < -0.4 is 16.4 Å². The second-order valence-corrected chi connectivity index (χ2v) is 6.76. The summed E-state index contributed by atoms with van der Waals surface area (Å²) >= 11 is 0. The standard InChI is InChI=1S/C16H28N4O8/c1-7(22)11(17)14(25)18-9(6-21)13(24)19-12(8(2)23)15(26)20-5-3-4-10(20)16(27)28/h7-12,21-23H,3-6,17H2,1-2H3,(H,18,25)(H,19,24)(H,27,28). The van der Waals surface area contributed by atoms with Crippen LogP contribution in [0.4, 0.5) is 0 Å². The molecule has 6 atom stereocenters. The van der Waals surface area contributed by atoms with E-state index < -0.39 is 66.7 Å². The maximum atomic E-state index is 12.7. The number of carbonyl (C=O) groups excluding carboxylic acids is 3. The van der Waals surface area contributed by atoms with Crippen LogP contribution >= 0.6 is 0 Å². The lowest BCUT2D eigenvalue weighted by molar-refractivity contribution is -0.151. The van der Waals surface area contributed by atoms with Gasteiger partial charge in [0.1, 0.15) is 24.2 Å². The highest BCUT2D eigenvalue weighted by atomic mass is 16.4. The maximum absolute atomic E-state index is 12.7. The Morgan fingerprint density at radius 3 is 2.18 bits per heavy atom. The lowest BCUT2D eigenvalue weighted by Crippen LogP contribution is -2.61. The first-order valence-corrected chi connectivity index (χ1v) is 8.87. The van der Waals surface area contributed by atoms with Gasteiger partial charge in [-0.25, -0.2) is 4.79 Å². The van der Waals surface area contributed by atoms with Crippen molar-refractivity contribution in [2.75, 3.05) is 13.2 Å². The molecule has 0 saturated carbocycles. The number of amides is 3. The molecule has 8 N–H and O–H groups in total. The number of hydrogen-bond donors (Lipinski definition) is 7. The van der Waals surface area contributed by atoms with Crippen molar-refractivity contribution >= 4 is 23.7 Å². The van der Waals surface area contributed by atoms with Gasteiger partial charge in [0.25, 0.3) is 0 Å². The quantitative estimate of drug-likeness (QED) is 0.200. The molecule has 0 radical (unpaired) electrons. The highest BCUT2D eigenvalue weighted by Gasteiger charge is 2.40. The van der Waals surface area contributed by atoms with Crippen molar-refractivity contribution in [3.05, 3.63) is 0 Å². The highest BCUT2D eigenvalue weighted by Crippen LogP contribution is 2.19. The van der Waals surface area contributed by atoms with Gasteiger partial charge < -0.3 is 41.7 Å². The number of nitrogens with zero attached hydrogens (tertiary/aromatic N) is 1. The minimum Gasteiger partial charge on any atom is -0.480 e. The van der Waals surface area contributed by atoms with Gasteiger partial charge in [-0.05, 0) is 26.7 Å². The Morgan fingerprint density at radius 2 is 1.71 bits per heavy atom. The molecule has 0 aromatic carbocycles. The Balaban J connectivity index is 2.86. The third-order valence-corrected chi connectivity index (χ3v) is 4.51. The minimum atomic E-state index is -1.49. The summed E-state index contributed by atoms with van der Waals surface area (Å²) in [5.74, 6) is -3.83. The van der Waals surface area contributed by atoms with Gasteiger partial charge in [0, 0.05) is 6.54 Å². The molecule has 3 amide bonds. The molecule has 160 valence electrons. The number of aliphatic hydroxyl groups is 3. The molecule has 1 saturated heterocycles. The average Bonchev–Trinajstić information content (AvgIpc) is 3.12. The van der Waals surface area contributed by atoms with E-state index >= 15 is 0 Å². The van der Waals surface area contributed by atoms with E-state index in [1.165, 1.54) is 13.8 Å². The Kier molecular flexibility index (Phi) is 8.75. The van der Waals surface area contributed by atoms with Crippen LogP contribution in [0.2, 0.25) is 0 Å². The van der Waals surface area contributed by atoms with Crippen LogP contribution in [-0.4, -0.2) is 98.5 Å². The van der Waals surface area contributed by atoms with Gasteiger partial charge in [-0.15, -0.1) is 0 Å². The molecule has 1 fully saturated rings. The number of hydrogen-bond acceptors (Lipinski definition) is 8. The molecule has 1 rings (SSSR count). The molecule has 1 heterocycles. The van der Waals surface area contributed by atoms with E-state index in [0.717, 1.165) is 4.90 Å². The van der Waals surface area contributed by atoms with Crippen molar-refractivity contribution in [2.45, 2.75) is 63.1 Å². The zero-order valence-corrected chi connectivity index (χ0v) is 15.7. The van der Waals surface area contributed by atoms with E-state index in [-0.39, 0.29) is 13.0 Å². The number of carboxylic acid groups (broad SMARTS) is 1. The molecule has 0 spiro atoms. The predicted molar refractivity (Wildman–Crippen MR) is 94.7 cm³/mol. The molecule has 0 bridgehead atoms. The number of aliphatic hydroxyl groups excluding tert-OH is 3. The van der Waals surface area contributed by atoms with Crippen LogP contribution in [0.15, 0.2) is 0 Å². The van der Waals surface area contributed by atoms with E-state index in [1.54, 1.807) is 0 Å². The molecular formula is C16H28N4O8. The highest BCUT2D eigenvalue weighted by molar-refractivity contribution is 5.94. The van der Waals surface area contributed by atoms with E-state index in [0.29, 0.717) is 6.42 Å². The molecule has 0 aromatic heterocycles. The first-order chi connectivity index (χ1) is 13.0. The first kappa shape index (κ1) is 23.8. The summed E-state index contributed by atoms with van der Waals surface area (Å²) < 4.78 is 0. The summed E-state index contributed by atoms with van der Waals surface area (Å²) in [6.45, 7) is 1.85. The van der Waals surface area contributed by atoms with Crippen LogP contribution in [0.25, 0.3) is 0 Å². The van der Waals surface area contributed by atoms with Gasteiger partial charge in [-0.3, -0.25) is 14.4 Å². The summed E-state index contributed by atoms with van der Waals surface area (Å²) in [7, 11) is 0. The number of carbonyl (C=O) groups is 4. The number of rotatable bonds is 9. The van der Waals surface area contributed by atoms with Crippen molar-refractivity contribution < 1.29 is 39.6 Å². The normalized spacial score (nSPS) is 21.9. The van der Waals surface area contributed by atoms with Crippen molar-refractivity contribution in [3.63, 3.8) is 0 Å². The molecule has 0 aliphatic carbocycles. The van der Waals surface area contributed by atoms with Crippen molar-refractivity contribution in [1.82, 2.24) is 15.5 Å². The average molecular weight is 404 g/mol. The summed E-state index contributed by atoms with van der Waals surface area (Å²) in [6.07, 6.45) is -1.83. The number of nitrogens with two attached hydrogens (primary N) is 1. The van der Waals surface area contributed by atoms with Crippen molar-refractivity contribution in [2.24, 2.45) is 5.73 Å². The molecule has 1 aliphatic heterocycles. The fourth-order valence-corrected chi connectivity index (χ4v) is 2.79. The van der Waals surface area contributed by atoms with Crippen LogP contribution in [0.1, 0.15) is 26.7 Å². The Labute approximate surface area is 161 Å². The van der Waals surface area contributed by atoms with E-state index in [4.69, 9.17) is 5.73 Å². The third kappa shape index (κ3) is 5.86. The Hall–Kier alpha value is -2.28. The molecule has 28 heavy (non-hydrogen) atoms. The van der Waals surface area contributed by atoms with E-state index in [2.05, 4.69) is 10.6 Å². The van der Waals surface area contributed by atoms with Gasteiger partial charge in [0.2, 0.25) is 17.7 Å². The minimum absolute atomic E-state index is 0.165. The fourth-order valence-electron chi connectivity index (χ4n) is 2.79. The molecule has 12 heteroatoms. The second kappa shape index (κ2) is 10.3. The van der Waals surface area contributed by atoms with E-state index in [1.807, 2.05) is 0 Å². The number of aliphatic carboxylic acids is 1. The van der Waals surface area contributed by atoms with Gasteiger partial charge >= 0.3 is 5.97 Å². The third-order valence-electron chi connectivity index (χ3n) is 4.51. The Morgan fingerprint density at radius 1 is 1.11 bits per heavy atom. The second-order valence-electron chi connectivity index (χ2n) is 6.76. The monoisotopic (exact) mass is 404 g/mol. The van der Waals surface area contributed by atoms with Gasteiger partial charge in [-0.2, -0.15) is 0 Å². The SMILES string of the molecule is CC(O)C(N)C(=O)NC(CO)C(=O)NC(C(=O)N1CCCC1C(=O)O)C(C)O. The fraction of sp³-hybridized carbons (Fsp3) is 0.750. The largest absolute Gasteiger partial charge is 0.480 e. The van der Waals surface area contributed by atoms with Crippen LogP contribution in [-0.2, 0) is 19.2 Å². The molecule has 1 aliphatic rings. The molecule has 0 aromatic rings. The smallest absolute Gasteiger partial charge is 0.326 e. The lowest BCUT2D eigenvalue weighted by atomic mass is 10.1. The number of nitrogens with one attached hydrogen (secondary N) is 2. The van der Waals surface area contributed by atoms with Gasteiger partial charge in [0.05, 0.1) is 18.8 Å². The molecule has 12 nitrogen and oxygen atoms in total. The van der Waals surface area contributed by atoms with E-state index in [9.17, 15) is 39.6 Å². The molecular weight excluding hydrogens is 376 g/mol. The maximum Gasteiger partial charge on any atom is 0.326 e. The zero-order chi connectivity index (χ0) is 21.6. The topological polar surface area (TPSA) is 203 Å². The summed E-state index contributed by atoms with van der Waals surface area (Å²) in [4.78, 5) is 49.2. The number of likely N-dealkylation sites (tertiary alicyclic amines) is 1. The van der Waals surface area contributed by atoms with Crippen LogP contribution in [0.3, 0.4) is 0 Å². The van der Waals surface area contributed by atoms with Gasteiger partial charge in [0.15, 0.2) is 0 Å². The zero-order valence-electron chi connectivity index (χ0n) is 15.7. The summed E-state index contributed by atoms with van der Waals surface area (Å²) in [6, 6.07) is -5.34. The summed E-state index contributed by atoms with van der Waals surface area (Å²) in [5, 5.41) is 42.2. The van der Waals surface area contributed by atoms with Gasteiger partial charge in [-0.1, -0.05) is 0 Å². The predicted octanol–water partition coefficient (Wildman–Crippen LogP) is -3.89. The van der Waals surface area contributed by atoms with Crippen LogP contribution in [0, 0.1) is 0 Å². The van der Waals surface area contributed by atoms with Crippen molar-refractivity contribution in [1.29, 1.82) is 0 Å².